The van der Waals surface area contributed by atoms with Gasteiger partial charge in [0.15, 0.2) is 0 Å². The van der Waals surface area contributed by atoms with Crippen molar-refractivity contribution in [1.82, 2.24) is 0 Å². The van der Waals surface area contributed by atoms with Gasteiger partial charge in [-0.2, -0.15) is 0 Å². The van der Waals surface area contributed by atoms with E-state index in [-0.39, 0.29) is 12.0 Å². The second kappa shape index (κ2) is 3.93. The lowest BCUT2D eigenvalue weighted by atomic mass is 10.0. The molecular weight excluding hydrogens is 190 g/mol. The molecule has 1 heterocycles. The van der Waals surface area contributed by atoms with E-state index in [0.717, 1.165) is 18.7 Å². The third-order valence-corrected chi connectivity index (χ3v) is 3.16. The Morgan fingerprint density at radius 2 is 2.07 bits per heavy atom. The van der Waals surface area contributed by atoms with Crippen molar-refractivity contribution in [1.29, 1.82) is 0 Å². The normalized spacial score (nSPS) is 25.5. The highest BCUT2D eigenvalue weighted by Crippen LogP contribution is 2.29. The molecule has 1 aliphatic rings. The summed E-state index contributed by atoms with van der Waals surface area (Å²) < 4.78 is 0. The SMILES string of the molecule is C[C@@H]1[C@H](C(=O)O)CCN1c1ccccc1. The van der Waals surface area contributed by atoms with Crippen LogP contribution in [0.5, 0.6) is 0 Å². The summed E-state index contributed by atoms with van der Waals surface area (Å²) >= 11 is 0. The van der Waals surface area contributed by atoms with E-state index in [4.69, 9.17) is 5.11 Å². The minimum Gasteiger partial charge on any atom is -0.481 e. The summed E-state index contributed by atoms with van der Waals surface area (Å²) in [6, 6.07) is 10.1. The molecular formula is C12H15NO2. The maximum absolute atomic E-state index is 11.0. The lowest BCUT2D eigenvalue weighted by Gasteiger charge is -2.25. The number of para-hydroxylation sites is 1. The molecule has 3 nitrogen and oxygen atoms in total. The minimum absolute atomic E-state index is 0.0879. The van der Waals surface area contributed by atoms with Gasteiger partial charge in [0.1, 0.15) is 0 Å². The Bertz CT molecular complexity index is 350. The average molecular weight is 205 g/mol. The fourth-order valence-electron chi connectivity index (χ4n) is 2.25. The molecule has 0 radical (unpaired) electrons. The highest BCUT2D eigenvalue weighted by molar-refractivity contribution is 5.73. The van der Waals surface area contributed by atoms with Gasteiger partial charge in [-0.15, -0.1) is 0 Å². The number of nitrogens with zero attached hydrogens (tertiary/aromatic N) is 1. The quantitative estimate of drug-likeness (QED) is 0.802. The predicted molar refractivity (Wildman–Crippen MR) is 59.0 cm³/mol. The standard InChI is InChI=1S/C12H15NO2/c1-9-11(12(14)15)7-8-13(9)10-5-3-2-4-6-10/h2-6,9,11H,7-8H2,1H3,(H,14,15)/t9-,11-/m1/s1. The Hall–Kier alpha value is -1.51. The minimum atomic E-state index is -0.680. The number of carboxylic acids is 1. The first-order valence-electron chi connectivity index (χ1n) is 5.24. The molecule has 0 bridgehead atoms. The van der Waals surface area contributed by atoms with Crippen LogP contribution in [0.2, 0.25) is 0 Å². The van der Waals surface area contributed by atoms with Crippen LogP contribution in [0.4, 0.5) is 5.69 Å². The van der Waals surface area contributed by atoms with Crippen molar-refractivity contribution in [3.8, 4) is 0 Å². The van der Waals surface area contributed by atoms with Crippen LogP contribution in [0.15, 0.2) is 30.3 Å². The molecule has 1 aromatic rings. The second-order valence-corrected chi connectivity index (χ2v) is 4.00. The predicted octanol–water partition coefficient (Wildman–Crippen LogP) is 1.99. The molecule has 0 aliphatic carbocycles. The van der Waals surface area contributed by atoms with Gasteiger partial charge in [0.2, 0.25) is 0 Å². The first kappa shape index (κ1) is 10.0. The smallest absolute Gasteiger partial charge is 0.308 e. The van der Waals surface area contributed by atoms with E-state index in [9.17, 15) is 4.79 Å². The summed E-state index contributed by atoms with van der Waals surface area (Å²) in [5.74, 6) is -0.911. The van der Waals surface area contributed by atoms with Crippen LogP contribution in [-0.4, -0.2) is 23.7 Å². The van der Waals surface area contributed by atoms with E-state index in [1.807, 2.05) is 37.3 Å². The van der Waals surface area contributed by atoms with E-state index in [1.54, 1.807) is 0 Å². The van der Waals surface area contributed by atoms with E-state index in [2.05, 4.69) is 4.90 Å². The summed E-state index contributed by atoms with van der Waals surface area (Å²) in [5.41, 5.74) is 1.12. The Labute approximate surface area is 89.3 Å². The molecule has 1 aromatic carbocycles. The second-order valence-electron chi connectivity index (χ2n) is 4.00. The zero-order valence-electron chi connectivity index (χ0n) is 8.76. The molecule has 0 spiro atoms. The first-order chi connectivity index (χ1) is 7.20. The molecule has 0 aromatic heterocycles. The number of carboxylic acid groups (broad SMARTS) is 1. The van der Waals surface area contributed by atoms with Crippen molar-refractivity contribution in [3.63, 3.8) is 0 Å². The van der Waals surface area contributed by atoms with Crippen LogP contribution in [0.3, 0.4) is 0 Å². The van der Waals surface area contributed by atoms with Gasteiger partial charge in [0.05, 0.1) is 5.92 Å². The van der Waals surface area contributed by atoms with Gasteiger partial charge in [-0.1, -0.05) is 18.2 Å². The van der Waals surface area contributed by atoms with Gasteiger partial charge >= 0.3 is 5.97 Å². The van der Waals surface area contributed by atoms with Crippen LogP contribution in [-0.2, 0) is 4.79 Å². The summed E-state index contributed by atoms with van der Waals surface area (Å²) in [6.07, 6.45) is 0.741. The Balaban J connectivity index is 2.17. The van der Waals surface area contributed by atoms with Crippen molar-refractivity contribution in [3.05, 3.63) is 30.3 Å². The maximum Gasteiger partial charge on any atom is 0.308 e. The van der Waals surface area contributed by atoms with Crippen LogP contribution < -0.4 is 4.90 Å². The molecule has 2 rings (SSSR count). The highest BCUT2D eigenvalue weighted by Gasteiger charge is 2.35. The Kier molecular flexibility index (Phi) is 2.62. The topological polar surface area (TPSA) is 40.5 Å². The van der Waals surface area contributed by atoms with Gasteiger partial charge < -0.3 is 10.0 Å². The van der Waals surface area contributed by atoms with Gasteiger partial charge in [-0.3, -0.25) is 4.79 Å². The van der Waals surface area contributed by atoms with Crippen molar-refractivity contribution < 1.29 is 9.90 Å². The largest absolute Gasteiger partial charge is 0.481 e. The highest BCUT2D eigenvalue weighted by atomic mass is 16.4. The fraction of sp³-hybridized carbons (Fsp3) is 0.417. The molecule has 15 heavy (non-hydrogen) atoms. The van der Waals surface area contributed by atoms with E-state index in [0.29, 0.717) is 0 Å². The number of rotatable bonds is 2. The van der Waals surface area contributed by atoms with Gasteiger partial charge in [0.25, 0.3) is 0 Å². The molecule has 0 saturated carbocycles. The summed E-state index contributed by atoms with van der Waals surface area (Å²) in [4.78, 5) is 13.1. The first-order valence-corrected chi connectivity index (χ1v) is 5.24. The molecule has 80 valence electrons. The van der Waals surface area contributed by atoms with Crippen LogP contribution in [0.1, 0.15) is 13.3 Å². The zero-order chi connectivity index (χ0) is 10.8. The number of hydrogen-bond acceptors (Lipinski definition) is 2. The molecule has 3 heteroatoms. The third-order valence-electron chi connectivity index (χ3n) is 3.16. The molecule has 2 atom stereocenters. The van der Waals surface area contributed by atoms with E-state index >= 15 is 0 Å². The number of aliphatic carboxylic acids is 1. The molecule has 1 aliphatic heterocycles. The maximum atomic E-state index is 11.0. The lowest BCUT2D eigenvalue weighted by Crippen LogP contribution is -2.32. The van der Waals surface area contributed by atoms with Crippen molar-refractivity contribution >= 4 is 11.7 Å². The van der Waals surface area contributed by atoms with Gasteiger partial charge in [-0.05, 0) is 25.5 Å². The van der Waals surface area contributed by atoms with E-state index < -0.39 is 5.97 Å². The molecule has 1 fully saturated rings. The summed E-state index contributed by atoms with van der Waals surface area (Å²) in [5, 5.41) is 9.02. The number of hydrogen-bond donors (Lipinski definition) is 1. The van der Waals surface area contributed by atoms with Gasteiger partial charge in [0, 0.05) is 18.3 Å². The lowest BCUT2D eigenvalue weighted by molar-refractivity contribution is -0.141. The average Bonchev–Trinajstić information content (AvgIpc) is 2.61. The summed E-state index contributed by atoms with van der Waals surface area (Å²) in [7, 11) is 0. The molecule has 1 saturated heterocycles. The number of benzene rings is 1. The monoisotopic (exact) mass is 205 g/mol. The van der Waals surface area contributed by atoms with Crippen LogP contribution >= 0.6 is 0 Å². The van der Waals surface area contributed by atoms with Crippen LogP contribution in [0.25, 0.3) is 0 Å². The number of carbonyl (C=O) groups is 1. The van der Waals surface area contributed by atoms with E-state index in [1.165, 1.54) is 0 Å². The van der Waals surface area contributed by atoms with Crippen molar-refractivity contribution in [2.24, 2.45) is 5.92 Å². The van der Waals surface area contributed by atoms with Crippen molar-refractivity contribution in [2.45, 2.75) is 19.4 Å². The molecule has 1 N–H and O–H groups in total. The molecule has 0 unspecified atom stereocenters. The number of anilines is 1. The van der Waals surface area contributed by atoms with Gasteiger partial charge in [-0.25, -0.2) is 0 Å². The van der Waals surface area contributed by atoms with Crippen LogP contribution in [0, 0.1) is 5.92 Å². The fourth-order valence-corrected chi connectivity index (χ4v) is 2.25. The Morgan fingerprint density at radius 3 is 2.60 bits per heavy atom. The van der Waals surface area contributed by atoms with Crippen molar-refractivity contribution in [2.75, 3.05) is 11.4 Å². The third kappa shape index (κ3) is 1.82. The zero-order valence-corrected chi connectivity index (χ0v) is 8.76. The summed E-state index contributed by atoms with van der Waals surface area (Å²) in [6.45, 7) is 2.82. The molecule has 0 amide bonds. The Morgan fingerprint density at radius 1 is 1.40 bits per heavy atom.